The molecule has 0 fully saturated rings. The van der Waals surface area contributed by atoms with Crippen molar-refractivity contribution >= 4 is 5.97 Å². The van der Waals surface area contributed by atoms with E-state index < -0.39 is 5.97 Å². The normalized spacial score (nSPS) is 16.8. The van der Waals surface area contributed by atoms with Gasteiger partial charge in [0.25, 0.3) is 0 Å². The fourth-order valence-electron chi connectivity index (χ4n) is 0.776. The third kappa shape index (κ3) is 2.27. The van der Waals surface area contributed by atoms with Gasteiger partial charge in [0.1, 0.15) is 12.4 Å². The minimum atomic E-state index is -0.922. The van der Waals surface area contributed by atoms with E-state index in [2.05, 4.69) is 0 Å². The lowest BCUT2D eigenvalue weighted by atomic mass is 10.2. The topological polar surface area (TPSA) is 46.5 Å². The highest BCUT2D eigenvalue weighted by atomic mass is 16.5. The lowest BCUT2D eigenvalue weighted by Crippen LogP contribution is -1.99. The highest BCUT2D eigenvalue weighted by Gasteiger charge is 2.02. The van der Waals surface area contributed by atoms with Crippen LogP contribution in [0.5, 0.6) is 0 Å². The molecule has 0 spiro atoms. The highest BCUT2D eigenvalue weighted by molar-refractivity contribution is 5.86. The van der Waals surface area contributed by atoms with Crippen molar-refractivity contribution in [2.75, 3.05) is 6.61 Å². The molecule has 0 bridgehead atoms. The van der Waals surface area contributed by atoms with Crippen molar-refractivity contribution in [1.29, 1.82) is 0 Å². The zero-order valence-electron chi connectivity index (χ0n) is 6.78. The van der Waals surface area contributed by atoms with E-state index in [9.17, 15) is 4.79 Å². The fourth-order valence-corrected chi connectivity index (χ4v) is 0.776. The van der Waals surface area contributed by atoms with Crippen LogP contribution in [0.4, 0.5) is 0 Å². The number of aliphatic carboxylic acids is 1. The van der Waals surface area contributed by atoms with E-state index in [1.54, 1.807) is 6.08 Å². The maximum absolute atomic E-state index is 10.4. The Hall–Kier alpha value is -1.51. The molecular formula is C9H10O3. The van der Waals surface area contributed by atoms with E-state index in [4.69, 9.17) is 9.84 Å². The zero-order chi connectivity index (χ0) is 8.97. The average Bonchev–Trinajstić information content (AvgIpc) is 2.06. The molecule has 0 aromatic rings. The first-order valence-corrected chi connectivity index (χ1v) is 3.61. The maximum atomic E-state index is 10.4. The molecule has 64 valence electrons. The Morgan fingerprint density at radius 3 is 3.00 bits per heavy atom. The summed E-state index contributed by atoms with van der Waals surface area (Å²) in [6.07, 6.45) is 6.93. The molecule has 0 amide bonds. The maximum Gasteiger partial charge on any atom is 0.331 e. The van der Waals surface area contributed by atoms with Crippen molar-refractivity contribution in [3.63, 3.8) is 0 Å². The first-order valence-electron chi connectivity index (χ1n) is 3.61. The SMILES string of the molecule is CC(=CC1=CC=CCO1)C(=O)O. The van der Waals surface area contributed by atoms with Gasteiger partial charge in [0.15, 0.2) is 0 Å². The molecule has 3 heteroatoms. The van der Waals surface area contributed by atoms with Crippen molar-refractivity contribution in [2.45, 2.75) is 6.92 Å². The predicted octanol–water partition coefficient (Wildman–Crippen LogP) is 1.49. The Labute approximate surface area is 70.7 Å². The molecule has 1 aliphatic heterocycles. The molecule has 0 saturated heterocycles. The molecule has 0 unspecified atom stereocenters. The monoisotopic (exact) mass is 166 g/mol. The van der Waals surface area contributed by atoms with E-state index >= 15 is 0 Å². The number of carbonyl (C=O) groups is 1. The number of ether oxygens (including phenoxy) is 1. The van der Waals surface area contributed by atoms with Crippen molar-refractivity contribution in [3.8, 4) is 0 Å². The van der Waals surface area contributed by atoms with Gasteiger partial charge in [-0.3, -0.25) is 0 Å². The Balaban J connectivity index is 2.72. The second kappa shape index (κ2) is 3.76. The van der Waals surface area contributed by atoms with Crippen LogP contribution < -0.4 is 0 Å². The smallest absolute Gasteiger partial charge is 0.331 e. The summed E-state index contributed by atoms with van der Waals surface area (Å²) in [4.78, 5) is 10.4. The Morgan fingerprint density at radius 2 is 2.50 bits per heavy atom. The molecule has 0 aromatic carbocycles. The number of allylic oxidation sites excluding steroid dienone is 3. The second-order valence-corrected chi connectivity index (χ2v) is 2.44. The van der Waals surface area contributed by atoms with Gasteiger partial charge in [-0.05, 0) is 25.2 Å². The summed E-state index contributed by atoms with van der Waals surface area (Å²) >= 11 is 0. The van der Waals surface area contributed by atoms with Gasteiger partial charge in [0.2, 0.25) is 0 Å². The Kier molecular flexibility index (Phi) is 2.69. The lowest BCUT2D eigenvalue weighted by molar-refractivity contribution is -0.132. The van der Waals surface area contributed by atoms with Crippen LogP contribution in [0.25, 0.3) is 0 Å². The summed E-state index contributed by atoms with van der Waals surface area (Å²) in [7, 11) is 0. The first kappa shape index (κ1) is 8.59. The third-order valence-corrected chi connectivity index (χ3v) is 1.44. The van der Waals surface area contributed by atoms with E-state index in [1.165, 1.54) is 13.0 Å². The average molecular weight is 166 g/mol. The highest BCUT2D eigenvalue weighted by Crippen LogP contribution is 2.08. The van der Waals surface area contributed by atoms with Gasteiger partial charge in [0, 0.05) is 5.57 Å². The van der Waals surface area contributed by atoms with Crippen LogP contribution >= 0.6 is 0 Å². The summed E-state index contributed by atoms with van der Waals surface area (Å²) in [5, 5.41) is 8.54. The van der Waals surface area contributed by atoms with Crippen LogP contribution in [-0.4, -0.2) is 17.7 Å². The van der Waals surface area contributed by atoms with Crippen LogP contribution in [0.15, 0.2) is 35.6 Å². The van der Waals surface area contributed by atoms with Gasteiger partial charge < -0.3 is 9.84 Å². The number of carboxylic acid groups (broad SMARTS) is 1. The molecule has 0 aromatic heterocycles. The Bertz CT molecular complexity index is 271. The number of hydrogen-bond donors (Lipinski definition) is 1. The summed E-state index contributed by atoms with van der Waals surface area (Å²) in [5.74, 6) is -0.327. The van der Waals surface area contributed by atoms with E-state index in [1.807, 2.05) is 12.2 Å². The number of rotatable bonds is 2. The quantitative estimate of drug-likeness (QED) is 0.632. The van der Waals surface area contributed by atoms with Crippen LogP contribution in [0.1, 0.15) is 6.92 Å². The molecule has 3 nitrogen and oxygen atoms in total. The fraction of sp³-hybridized carbons (Fsp3) is 0.222. The van der Waals surface area contributed by atoms with Crippen LogP contribution in [0.3, 0.4) is 0 Å². The van der Waals surface area contributed by atoms with E-state index in [0.29, 0.717) is 12.4 Å². The number of carboxylic acids is 1. The summed E-state index contributed by atoms with van der Waals surface area (Å²) < 4.78 is 5.13. The zero-order valence-corrected chi connectivity index (χ0v) is 6.78. The number of hydrogen-bond acceptors (Lipinski definition) is 2. The van der Waals surface area contributed by atoms with Crippen LogP contribution in [0, 0.1) is 0 Å². The van der Waals surface area contributed by atoms with E-state index in [-0.39, 0.29) is 5.57 Å². The molecule has 12 heavy (non-hydrogen) atoms. The van der Waals surface area contributed by atoms with Gasteiger partial charge in [-0.2, -0.15) is 0 Å². The van der Waals surface area contributed by atoms with Gasteiger partial charge in [-0.25, -0.2) is 4.79 Å². The molecule has 1 heterocycles. The largest absolute Gasteiger partial charge is 0.490 e. The van der Waals surface area contributed by atoms with Gasteiger partial charge in [-0.1, -0.05) is 6.08 Å². The van der Waals surface area contributed by atoms with Crippen LogP contribution in [-0.2, 0) is 9.53 Å². The molecule has 0 aliphatic carbocycles. The van der Waals surface area contributed by atoms with Gasteiger partial charge in [0.05, 0.1) is 0 Å². The van der Waals surface area contributed by atoms with Crippen molar-refractivity contribution < 1.29 is 14.6 Å². The summed E-state index contributed by atoms with van der Waals surface area (Å²) in [6.45, 7) is 2.04. The molecule has 0 radical (unpaired) electrons. The molecule has 1 rings (SSSR count). The van der Waals surface area contributed by atoms with Crippen molar-refractivity contribution in [2.24, 2.45) is 0 Å². The van der Waals surface area contributed by atoms with Gasteiger partial charge in [-0.15, -0.1) is 0 Å². The van der Waals surface area contributed by atoms with Crippen molar-refractivity contribution in [1.82, 2.24) is 0 Å². The molecule has 0 atom stereocenters. The minimum Gasteiger partial charge on any atom is -0.490 e. The summed E-state index contributed by atoms with van der Waals surface area (Å²) in [6, 6.07) is 0. The van der Waals surface area contributed by atoms with E-state index in [0.717, 1.165) is 0 Å². The minimum absolute atomic E-state index is 0.275. The molecule has 1 aliphatic rings. The summed E-state index contributed by atoms with van der Waals surface area (Å²) in [5.41, 5.74) is 0.275. The lowest BCUT2D eigenvalue weighted by Gasteiger charge is -2.07. The molecule has 1 N–H and O–H groups in total. The molecule has 0 saturated carbocycles. The standard InChI is InChI=1S/C9H10O3/c1-7(9(10)11)6-8-4-2-3-5-12-8/h2-4,6H,5H2,1H3,(H,10,11). The third-order valence-electron chi connectivity index (χ3n) is 1.44. The molecular weight excluding hydrogens is 156 g/mol. The Morgan fingerprint density at radius 1 is 1.75 bits per heavy atom. The first-order chi connectivity index (χ1) is 5.70. The van der Waals surface area contributed by atoms with Gasteiger partial charge >= 0.3 is 5.97 Å². The van der Waals surface area contributed by atoms with Crippen LogP contribution in [0.2, 0.25) is 0 Å². The second-order valence-electron chi connectivity index (χ2n) is 2.44. The predicted molar refractivity (Wildman–Crippen MR) is 44.6 cm³/mol. The van der Waals surface area contributed by atoms with Crippen molar-refractivity contribution in [3.05, 3.63) is 35.6 Å².